The number of carbonyl (C=O) groups is 1. The van der Waals surface area contributed by atoms with Gasteiger partial charge in [0.2, 0.25) is 20.0 Å². The summed E-state index contributed by atoms with van der Waals surface area (Å²) in [5.74, 6) is -0.659. The Labute approximate surface area is 238 Å². The first-order valence-corrected chi connectivity index (χ1v) is 15.6. The molecule has 0 radical (unpaired) electrons. The number of sulfonamides is 2. The highest BCUT2D eigenvalue weighted by atomic mass is 32.2. The predicted molar refractivity (Wildman–Crippen MR) is 148 cm³/mol. The summed E-state index contributed by atoms with van der Waals surface area (Å²) < 4.78 is 67.3. The number of carbonyl (C=O) groups excluding carboxylic acids is 1. The van der Waals surface area contributed by atoms with E-state index in [1.54, 1.807) is 30.3 Å². The van der Waals surface area contributed by atoms with Crippen molar-refractivity contribution < 1.29 is 36.0 Å². The third kappa shape index (κ3) is 7.27. The third-order valence-corrected chi connectivity index (χ3v) is 10.1. The maximum absolute atomic E-state index is 13.4. The Hall–Kier alpha value is -3.85. The number of hydrogen-bond donors (Lipinski definition) is 1. The minimum atomic E-state index is -4.03. The number of rotatable bonds is 10. The summed E-state index contributed by atoms with van der Waals surface area (Å²) in [6.07, 6.45) is -0.498. The van der Waals surface area contributed by atoms with E-state index in [4.69, 9.17) is 9.47 Å². The molecule has 218 valence electrons. The van der Waals surface area contributed by atoms with Gasteiger partial charge in [-0.05, 0) is 61.4 Å². The van der Waals surface area contributed by atoms with E-state index in [1.165, 1.54) is 47.8 Å². The molecule has 1 fully saturated rings. The van der Waals surface area contributed by atoms with Gasteiger partial charge in [0.05, 0.1) is 27.4 Å². The van der Waals surface area contributed by atoms with Crippen molar-refractivity contribution in [1.29, 1.82) is 0 Å². The number of methoxy groups -OCH3 is 1. The quantitative estimate of drug-likeness (QED) is 0.208. The first kappa shape index (κ1) is 30.1. The highest BCUT2D eigenvalue weighted by molar-refractivity contribution is 7.89. The van der Waals surface area contributed by atoms with Gasteiger partial charge in [0.1, 0.15) is 11.9 Å². The van der Waals surface area contributed by atoms with Crippen LogP contribution in [0.2, 0.25) is 0 Å². The van der Waals surface area contributed by atoms with Crippen molar-refractivity contribution in [3.63, 3.8) is 0 Å². The Morgan fingerprint density at radius 1 is 0.927 bits per heavy atom. The van der Waals surface area contributed by atoms with Crippen molar-refractivity contribution in [3.8, 4) is 5.75 Å². The first-order valence-electron chi connectivity index (χ1n) is 12.7. The Morgan fingerprint density at radius 2 is 1.54 bits per heavy atom. The van der Waals surface area contributed by atoms with E-state index in [0.29, 0.717) is 11.3 Å². The van der Waals surface area contributed by atoms with E-state index in [9.17, 15) is 31.7 Å². The maximum atomic E-state index is 13.4. The molecule has 4 rings (SSSR count). The van der Waals surface area contributed by atoms with Gasteiger partial charge in [0.25, 0.3) is 5.69 Å². The summed E-state index contributed by atoms with van der Waals surface area (Å²) in [4.78, 5) is 23.1. The number of esters is 1. The molecular weight excluding hydrogens is 574 g/mol. The lowest BCUT2D eigenvalue weighted by Crippen LogP contribution is -2.37. The van der Waals surface area contributed by atoms with Gasteiger partial charge in [-0.25, -0.2) is 26.4 Å². The molecule has 12 nitrogen and oxygen atoms in total. The number of nitro groups is 1. The van der Waals surface area contributed by atoms with Gasteiger partial charge >= 0.3 is 5.97 Å². The predicted octanol–water partition coefficient (Wildman–Crippen LogP) is 3.21. The fourth-order valence-corrected chi connectivity index (χ4v) is 7.03. The van der Waals surface area contributed by atoms with E-state index in [1.807, 2.05) is 0 Å². The summed E-state index contributed by atoms with van der Waals surface area (Å²) in [5.41, 5.74) is 0.0709. The zero-order chi connectivity index (χ0) is 29.6. The lowest BCUT2D eigenvalue weighted by molar-refractivity contribution is -0.384. The molecule has 1 N–H and O–H groups in total. The largest absolute Gasteiger partial charge is 0.497 e. The molecule has 0 aliphatic carbocycles. The van der Waals surface area contributed by atoms with Crippen LogP contribution < -0.4 is 9.46 Å². The first-order chi connectivity index (χ1) is 19.5. The van der Waals surface area contributed by atoms with Crippen molar-refractivity contribution in [1.82, 2.24) is 9.03 Å². The molecule has 0 saturated carbocycles. The van der Waals surface area contributed by atoms with E-state index in [2.05, 4.69) is 4.72 Å². The molecule has 1 heterocycles. The van der Waals surface area contributed by atoms with Crippen LogP contribution in [0.1, 0.15) is 23.2 Å². The smallest absolute Gasteiger partial charge is 0.338 e. The number of hydrogen-bond acceptors (Lipinski definition) is 9. The maximum Gasteiger partial charge on any atom is 0.338 e. The van der Waals surface area contributed by atoms with Crippen molar-refractivity contribution in [2.45, 2.75) is 28.7 Å². The number of benzene rings is 3. The van der Waals surface area contributed by atoms with E-state index >= 15 is 0 Å². The molecule has 1 saturated heterocycles. The number of nitrogens with zero attached hydrogens (tertiary/aromatic N) is 2. The topological polar surface area (TPSA) is 162 Å². The van der Waals surface area contributed by atoms with Crippen LogP contribution in [0.4, 0.5) is 5.69 Å². The molecule has 3 aromatic rings. The molecule has 2 atom stereocenters. The van der Waals surface area contributed by atoms with Crippen molar-refractivity contribution in [2.24, 2.45) is 5.92 Å². The summed E-state index contributed by atoms with van der Waals surface area (Å²) in [6, 6.07) is 18.7. The second kappa shape index (κ2) is 12.8. The Kier molecular flexibility index (Phi) is 9.38. The van der Waals surface area contributed by atoms with Crippen LogP contribution in [0, 0.1) is 16.0 Å². The molecule has 0 spiro atoms. The van der Waals surface area contributed by atoms with E-state index in [-0.39, 0.29) is 48.0 Å². The monoisotopic (exact) mass is 603 g/mol. The van der Waals surface area contributed by atoms with Crippen LogP contribution in [-0.4, -0.2) is 64.9 Å². The molecule has 41 heavy (non-hydrogen) atoms. The average molecular weight is 604 g/mol. The van der Waals surface area contributed by atoms with Crippen LogP contribution >= 0.6 is 0 Å². The SMILES string of the molecule is COc1ccc(S(=O)(=O)NC[C@H]2CCN(S(=O)(=O)c3ccc([N+](=O)[O-])cc3)CC[C@H]2OC(=O)c2ccccc2)cc1. The fourth-order valence-electron chi connectivity index (χ4n) is 4.47. The molecule has 0 bridgehead atoms. The number of nitrogens with one attached hydrogen (secondary N) is 1. The number of ether oxygens (including phenoxy) is 2. The Balaban J connectivity index is 1.54. The summed E-state index contributed by atoms with van der Waals surface area (Å²) in [7, 11) is -6.49. The van der Waals surface area contributed by atoms with Crippen LogP contribution in [0.25, 0.3) is 0 Å². The van der Waals surface area contributed by atoms with Gasteiger partial charge in [0.15, 0.2) is 0 Å². The minimum absolute atomic E-state index is 0.00616. The molecular formula is C27H29N3O9S2. The molecule has 3 aromatic carbocycles. The van der Waals surface area contributed by atoms with Gasteiger partial charge < -0.3 is 9.47 Å². The lowest BCUT2D eigenvalue weighted by Gasteiger charge is -2.25. The summed E-state index contributed by atoms with van der Waals surface area (Å²) in [6.45, 7) is -0.0893. The number of nitro benzene ring substituents is 1. The highest BCUT2D eigenvalue weighted by Gasteiger charge is 2.35. The molecule has 1 aliphatic heterocycles. The van der Waals surface area contributed by atoms with Gasteiger partial charge in [-0.2, -0.15) is 4.31 Å². The summed E-state index contributed by atoms with van der Waals surface area (Å²) >= 11 is 0. The molecule has 1 aliphatic rings. The second-order valence-electron chi connectivity index (χ2n) is 9.33. The second-order valence-corrected chi connectivity index (χ2v) is 13.0. The van der Waals surface area contributed by atoms with E-state index < -0.39 is 43.0 Å². The van der Waals surface area contributed by atoms with Crippen LogP contribution in [0.3, 0.4) is 0 Å². The summed E-state index contributed by atoms with van der Waals surface area (Å²) in [5, 5.41) is 11.0. The van der Waals surface area contributed by atoms with Crippen molar-refractivity contribution >= 4 is 31.7 Å². The van der Waals surface area contributed by atoms with Gasteiger partial charge in [-0.15, -0.1) is 0 Å². The normalized spacial score (nSPS) is 18.3. The Morgan fingerprint density at radius 3 is 2.15 bits per heavy atom. The Bertz CT molecular complexity index is 1580. The van der Waals surface area contributed by atoms with Crippen LogP contribution in [-0.2, 0) is 24.8 Å². The molecule has 14 heteroatoms. The van der Waals surface area contributed by atoms with Gasteiger partial charge in [-0.3, -0.25) is 10.1 Å². The zero-order valence-corrected chi connectivity index (χ0v) is 23.7. The van der Waals surface area contributed by atoms with Crippen molar-refractivity contribution in [2.75, 3.05) is 26.7 Å². The van der Waals surface area contributed by atoms with E-state index in [0.717, 1.165) is 12.1 Å². The third-order valence-electron chi connectivity index (χ3n) is 6.80. The molecule has 0 amide bonds. The lowest BCUT2D eigenvalue weighted by atomic mass is 9.97. The van der Waals surface area contributed by atoms with Gasteiger partial charge in [0, 0.05) is 37.7 Å². The molecule has 0 aromatic heterocycles. The van der Waals surface area contributed by atoms with Gasteiger partial charge in [-0.1, -0.05) is 18.2 Å². The molecule has 0 unspecified atom stereocenters. The highest BCUT2D eigenvalue weighted by Crippen LogP contribution is 2.27. The van der Waals surface area contributed by atoms with Crippen LogP contribution in [0.15, 0.2) is 88.7 Å². The fraction of sp³-hybridized carbons (Fsp3) is 0.296. The standard InChI is InChI=1S/C27H29N3O9S2/c1-38-23-9-13-24(14-10-23)40(34,35)28-19-21-15-17-29(41(36,37)25-11-7-22(8-12-25)30(32)33)18-16-26(21)39-27(31)20-5-3-2-4-6-20/h2-14,21,26,28H,15-19H2,1H3/t21-,26-/m1/s1. The van der Waals surface area contributed by atoms with Crippen molar-refractivity contribution in [3.05, 3.63) is 94.5 Å². The minimum Gasteiger partial charge on any atom is -0.497 e. The zero-order valence-electron chi connectivity index (χ0n) is 22.1. The van der Waals surface area contributed by atoms with Crippen LogP contribution in [0.5, 0.6) is 5.75 Å². The average Bonchev–Trinajstić information content (AvgIpc) is 3.19. The number of non-ortho nitro benzene ring substituents is 1.